The van der Waals surface area contributed by atoms with Crippen LogP contribution in [0.1, 0.15) is 45.4 Å². The van der Waals surface area contributed by atoms with Crippen molar-refractivity contribution in [3.8, 4) is 0 Å². The molecule has 0 bridgehead atoms. The van der Waals surface area contributed by atoms with E-state index >= 15 is 0 Å². The van der Waals surface area contributed by atoms with E-state index in [1.165, 1.54) is 0 Å². The Morgan fingerprint density at radius 1 is 0.857 bits per heavy atom. The summed E-state index contributed by atoms with van der Waals surface area (Å²) in [6, 6.07) is 0. The van der Waals surface area contributed by atoms with E-state index in [4.69, 9.17) is 0 Å². The molecule has 0 radical (unpaired) electrons. The molecular formula is C12H15F7O2. The number of halogens is 7. The van der Waals surface area contributed by atoms with E-state index in [2.05, 4.69) is 0 Å². The lowest BCUT2D eigenvalue weighted by molar-refractivity contribution is -0.343. The van der Waals surface area contributed by atoms with Crippen LogP contribution in [0.2, 0.25) is 0 Å². The second-order valence-electron chi connectivity index (χ2n) is 4.60. The molecule has 0 atom stereocenters. The van der Waals surface area contributed by atoms with Crippen molar-refractivity contribution in [3.05, 3.63) is 0 Å². The summed E-state index contributed by atoms with van der Waals surface area (Å²) in [5, 5.41) is 0. The van der Waals surface area contributed by atoms with Gasteiger partial charge in [0.05, 0.1) is 6.42 Å². The molecule has 21 heavy (non-hydrogen) atoms. The third-order valence-corrected chi connectivity index (χ3v) is 2.77. The molecule has 0 heterocycles. The Kier molecular flexibility index (Phi) is 6.82. The Labute approximate surface area is 116 Å². The molecule has 0 aliphatic rings. The Hall–Kier alpha value is -1.15. The number of Topliss-reactive ketones (excluding diaryl/α,β-unsaturated/α-hetero) is 2. The molecule has 2 nitrogen and oxygen atoms in total. The van der Waals surface area contributed by atoms with Crippen molar-refractivity contribution in [1.29, 1.82) is 0 Å². The number of rotatable bonds is 9. The fourth-order valence-electron chi connectivity index (χ4n) is 1.48. The number of hydrogen-bond donors (Lipinski definition) is 0. The molecule has 0 aromatic heterocycles. The van der Waals surface area contributed by atoms with Crippen LogP contribution in [-0.4, -0.2) is 29.6 Å². The smallest absolute Gasteiger partial charge is 0.299 e. The van der Waals surface area contributed by atoms with Gasteiger partial charge in [-0.05, 0) is 6.42 Å². The molecule has 0 aromatic carbocycles. The van der Waals surface area contributed by atoms with Gasteiger partial charge >= 0.3 is 18.0 Å². The summed E-state index contributed by atoms with van der Waals surface area (Å²) in [4.78, 5) is 22.1. The molecule has 0 amide bonds. The number of hydrogen-bond acceptors (Lipinski definition) is 2. The molecule has 0 aliphatic carbocycles. The average Bonchev–Trinajstić information content (AvgIpc) is 2.32. The summed E-state index contributed by atoms with van der Waals surface area (Å²) < 4.78 is 86.5. The lowest BCUT2D eigenvalue weighted by Gasteiger charge is -2.26. The molecule has 0 aliphatic heterocycles. The largest absolute Gasteiger partial charge is 0.460 e. The van der Waals surface area contributed by atoms with Gasteiger partial charge in [-0.1, -0.05) is 26.2 Å². The van der Waals surface area contributed by atoms with Crippen LogP contribution in [0, 0.1) is 0 Å². The van der Waals surface area contributed by atoms with E-state index in [0.717, 1.165) is 12.8 Å². The van der Waals surface area contributed by atoms with Gasteiger partial charge < -0.3 is 0 Å². The van der Waals surface area contributed by atoms with E-state index in [1.54, 1.807) is 0 Å². The molecule has 9 heteroatoms. The summed E-state index contributed by atoms with van der Waals surface area (Å²) in [6.45, 7) is 1.87. The van der Waals surface area contributed by atoms with E-state index in [-0.39, 0.29) is 12.8 Å². The van der Waals surface area contributed by atoms with Crippen LogP contribution in [0.25, 0.3) is 0 Å². The molecular weight excluding hydrogens is 309 g/mol. The predicted octanol–water partition coefficient (Wildman–Crippen LogP) is 4.32. The number of ketones is 2. The van der Waals surface area contributed by atoms with E-state index in [9.17, 15) is 40.3 Å². The SMILES string of the molecule is CCCCCCC(=O)CC(=O)C(F)(F)C(F)(F)C(F)(F)F. The van der Waals surface area contributed by atoms with E-state index < -0.39 is 36.0 Å². The second-order valence-corrected chi connectivity index (χ2v) is 4.60. The zero-order valence-corrected chi connectivity index (χ0v) is 11.2. The molecule has 0 saturated heterocycles. The first-order chi connectivity index (χ1) is 9.38. The van der Waals surface area contributed by atoms with Crippen molar-refractivity contribution >= 4 is 11.6 Å². The van der Waals surface area contributed by atoms with E-state index in [0.29, 0.717) is 6.42 Å². The summed E-state index contributed by atoms with van der Waals surface area (Å²) in [5.74, 6) is -16.2. The average molecular weight is 324 g/mol. The highest BCUT2D eigenvalue weighted by Crippen LogP contribution is 2.47. The highest BCUT2D eigenvalue weighted by molar-refractivity contribution is 6.02. The molecule has 0 rings (SSSR count). The highest BCUT2D eigenvalue weighted by Gasteiger charge is 2.75. The monoisotopic (exact) mass is 324 g/mol. The van der Waals surface area contributed by atoms with Gasteiger partial charge in [0.25, 0.3) is 0 Å². The fraction of sp³-hybridized carbons (Fsp3) is 0.833. The second kappa shape index (κ2) is 7.22. The standard InChI is InChI=1S/C12H15F7O2/c1-2-3-4-5-6-8(20)7-9(21)10(13,14)11(15,16)12(17,18)19/h2-7H2,1H3. The summed E-state index contributed by atoms with van der Waals surface area (Å²) in [6.07, 6.45) is -6.10. The van der Waals surface area contributed by atoms with Crippen molar-refractivity contribution in [3.63, 3.8) is 0 Å². The lowest BCUT2D eigenvalue weighted by atomic mass is 9.99. The van der Waals surface area contributed by atoms with Crippen molar-refractivity contribution < 1.29 is 40.3 Å². The minimum atomic E-state index is -6.57. The third kappa shape index (κ3) is 4.96. The van der Waals surface area contributed by atoms with Crippen molar-refractivity contribution in [1.82, 2.24) is 0 Å². The van der Waals surface area contributed by atoms with Gasteiger partial charge in [-0.2, -0.15) is 30.7 Å². The van der Waals surface area contributed by atoms with Crippen LogP contribution in [0.5, 0.6) is 0 Å². The Bertz CT molecular complexity index is 374. The minimum Gasteiger partial charge on any atom is -0.299 e. The zero-order valence-electron chi connectivity index (χ0n) is 11.2. The maximum Gasteiger partial charge on any atom is 0.460 e. The molecule has 0 unspecified atom stereocenters. The molecule has 0 saturated carbocycles. The van der Waals surface area contributed by atoms with Crippen molar-refractivity contribution in [2.45, 2.75) is 63.5 Å². The maximum atomic E-state index is 12.9. The summed E-state index contributed by atoms with van der Waals surface area (Å²) in [7, 11) is 0. The van der Waals surface area contributed by atoms with Crippen LogP contribution in [0.3, 0.4) is 0 Å². The predicted molar refractivity (Wildman–Crippen MR) is 59.3 cm³/mol. The molecule has 0 aromatic rings. The first kappa shape index (κ1) is 19.9. The van der Waals surface area contributed by atoms with Gasteiger partial charge in [-0.3, -0.25) is 9.59 Å². The topological polar surface area (TPSA) is 34.1 Å². The third-order valence-electron chi connectivity index (χ3n) is 2.77. The minimum absolute atomic E-state index is 0.265. The Morgan fingerprint density at radius 2 is 1.38 bits per heavy atom. The normalized spacial score (nSPS) is 13.3. The lowest BCUT2D eigenvalue weighted by Crippen LogP contribution is -2.56. The summed E-state index contributed by atoms with van der Waals surface area (Å²) in [5.41, 5.74) is 0. The molecule has 124 valence electrons. The van der Waals surface area contributed by atoms with Gasteiger partial charge in [0, 0.05) is 6.42 Å². The van der Waals surface area contributed by atoms with Crippen LogP contribution >= 0.6 is 0 Å². The number of unbranched alkanes of at least 4 members (excludes halogenated alkanes) is 3. The van der Waals surface area contributed by atoms with E-state index in [1.807, 2.05) is 6.92 Å². The van der Waals surface area contributed by atoms with Crippen LogP contribution < -0.4 is 0 Å². The Morgan fingerprint density at radius 3 is 1.81 bits per heavy atom. The Balaban J connectivity index is 4.67. The van der Waals surface area contributed by atoms with Crippen molar-refractivity contribution in [2.75, 3.05) is 0 Å². The van der Waals surface area contributed by atoms with Gasteiger partial charge in [-0.15, -0.1) is 0 Å². The molecule has 0 spiro atoms. The highest BCUT2D eigenvalue weighted by atomic mass is 19.4. The van der Waals surface area contributed by atoms with Gasteiger partial charge in [0.2, 0.25) is 5.78 Å². The van der Waals surface area contributed by atoms with Crippen LogP contribution in [0.15, 0.2) is 0 Å². The maximum absolute atomic E-state index is 12.9. The molecule has 0 N–H and O–H groups in total. The van der Waals surface area contributed by atoms with Gasteiger partial charge in [-0.25, -0.2) is 0 Å². The number of carbonyl (C=O) groups is 2. The van der Waals surface area contributed by atoms with Crippen LogP contribution in [0.4, 0.5) is 30.7 Å². The zero-order chi connectivity index (χ0) is 16.9. The quantitative estimate of drug-likeness (QED) is 0.360. The number of alkyl halides is 7. The van der Waals surface area contributed by atoms with Gasteiger partial charge in [0.1, 0.15) is 5.78 Å². The first-order valence-corrected chi connectivity index (χ1v) is 6.25. The summed E-state index contributed by atoms with van der Waals surface area (Å²) >= 11 is 0. The van der Waals surface area contributed by atoms with Crippen LogP contribution in [-0.2, 0) is 9.59 Å². The molecule has 0 fully saturated rings. The van der Waals surface area contributed by atoms with Gasteiger partial charge in [0.15, 0.2) is 0 Å². The number of carbonyl (C=O) groups excluding carboxylic acids is 2. The first-order valence-electron chi connectivity index (χ1n) is 6.25. The fourth-order valence-corrected chi connectivity index (χ4v) is 1.48. The van der Waals surface area contributed by atoms with Crippen molar-refractivity contribution in [2.24, 2.45) is 0 Å².